The van der Waals surface area contributed by atoms with E-state index in [0.29, 0.717) is 18.7 Å². The third kappa shape index (κ3) is 2.79. The van der Waals surface area contributed by atoms with Gasteiger partial charge in [0.05, 0.1) is 18.1 Å². The number of nitrogens with zero attached hydrogens (tertiary/aromatic N) is 3. The topological polar surface area (TPSA) is 62.7 Å². The first kappa shape index (κ1) is 15.6. The molecule has 3 saturated heterocycles. The standard InChI is InChI=1S/C18H23N3O3/c22-17(20-8-1-2-9-20)14-11-16-15(5-10-24-16)21(12-14)18(23)13-3-6-19-7-4-13/h3-4,6-7,14-16H,1-2,5,8-12H2/t14-,15+,16+/m1/s1. The van der Waals surface area contributed by atoms with Crippen molar-refractivity contribution in [3.05, 3.63) is 30.1 Å². The van der Waals surface area contributed by atoms with Gasteiger partial charge in [-0.05, 0) is 37.8 Å². The minimum Gasteiger partial charge on any atom is -0.376 e. The van der Waals surface area contributed by atoms with Crippen LogP contribution in [-0.4, -0.2) is 65.0 Å². The van der Waals surface area contributed by atoms with Gasteiger partial charge < -0.3 is 14.5 Å². The molecule has 3 aliphatic rings. The maximum atomic E-state index is 12.9. The Morgan fingerprint density at radius 1 is 1.17 bits per heavy atom. The van der Waals surface area contributed by atoms with Crippen molar-refractivity contribution < 1.29 is 14.3 Å². The van der Waals surface area contributed by atoms with Crippen molar-refractivity contribution >= 4 is 11.8 Å². The molecule has 1 aromatic heterocycles. The number of carbonyl (C=O) groups excluding carboxylic acids is 2. The largest absolute Gasteiger partial charge is 0.376 e. The van der Waals surface area contributed by atoms with Gasteiger partial charge in [0.1, 0.15) is 0 Å². The number of piperidine rings is 1. The van der Waals surface area contributed by atoms with E-state index in [0.717, 1.165) is 38.8 Å². The lowest BCUT2D eigenvalue weighted by molar-refractivity contribution is -0.138. The number of carbonyl (C=O) groups is 2. The van der Waals surface area contributed by atoms with Crippen molar-refractivity contribution in [2.75, 3.05) is 26.2 Å². The molecule has 0 aliphatic carbocycles. The molecule has 1 aromatic rings. The van der Waals surface area contributed by atoms with E-state index in [1.807, 2.05) is 9.80 Å². The summed E-state index contributed by atoms with van der Waals surface area (Å²) in [6.07, 6.45) is 7.01. The lowest BCUT2D eigenvalue weighted by atomic mass is 9.88. The van der Waals surface area contributed by atoms with E-state index in [-0.39, 0.29) is 29.9 Å². The molecule has 3 aliphatic heterocycles. The van der Waals surface area contributed by atoms with Crippen LogP contribution < -0.4 is 0 Å². The average molecular weight is 329 g/mol. The van der Waals surface area contributed by atoms with Crippen LogP contribution in [0.4, 0.5) is 0 Å². The molecule has 0 bridgehead atoms. The van der Waals surface area contributed by atoms with E-state index in [1.165, 1.54) is 0 Å². The fourth-order valence-electron chi connectivity index (χ4n) is 4.22. The molecule has 4 rings (SSSR count). The molecule has 0 N–H and O–H groups in total. The first-order valence-corrected chi connectivity index (χ1v) is 8.85. The van der Waals surface area contributed by atoms with Gasteiger partial charge in [-0.15, -0.1) is 0 Å². The third-order valence-electron chi connectivity index (χ3n) is 5.46. The van der Waals surface area contributed by atoms with Gasteiger partial charge in [-0.25, -0.2) is 0 Å². The first-order valence-electron chi connectivity index (χ1n) is 8.85. The van der Waals surface area contributed by atoms with E-state index in [2.05, 4.69) is 4.98 Å². The minimum absolute atomic E-state index is 0.0129. The van der Waals surface area contributed by atoms with E-state index in [9.17, 15) is 9.59 Å². The number of hydrogen-bond donors (Lipinski definition) is 0. The zero-order valence-electron chi connectivity index (χ0n) is 13.8. The fourth-order valence-corrected chi connectivity index (χ4v) is 4.22. The number of amides is 2. The number of likely N-dealkylation sites (tertiary alicyclic amines) is 2. The fraction of sp³-hybridized carbons (Fsp3) is 0.611. The highest BCUT2D eigenvalue weighted by Crippen LogP contribution is 2.33. The van der Waals surface area contributed by atoms with Crippen molar-refractivity contribution in [1.82, 2.24) is 14.8 Å². The van der Waals surface area contributed by atoms with Crippen molar-refractivity contribution in [1.29, 1.82) is 0 Å². The molecule has 3 fully saturated rings. The molecular formula is C18H23N3O3. The summed E-state index contributed by atoms with van der Waals surface area (Å²) in [5.74, 6) is 0.0269. The Hall–Kier alpha value is -1.95. The zero-order valence-corrected chi connectivity index (χ0v) is 13.8. The molecule has 0 unspecified atom stereocenters. The molecule has 3 atom stereocenters. The van der Waals surface area contributed by atoms with Crippen molar-refractivity contribution in [2.45, 2.75) is 37.8 Å². The predicted molar refractivity (Wildman–Crippen MR) is 87.3 cm³/mol. The van der Waals surface area contributed by atoms with Gasteiger partial charge in [-0.1, -0.05) is 0 Å². The van der Waals surface area contributed by atoms with E-state index in [4.69, 9.17) is 4.74 Å². The molecule has 0 radical (unpaired) electrons. The van der Waals surface area contributed by atoms with Crippen LogP contribution in [0.1, 0.15) is 36.0 Å². The monoisotopic (exact) mass is 329 g/mol. The number of pyridine rings is 1. The van der Waals surface area contributed by atoms with Crippen LogP contribution in [0.2, 0.25) is 0 Å². The summed E-state index contributed by atoms with van der Waals surface area (Å²) in [5, 5.41) is 0. The van der Waals surface area contributed by atoms with Crippen LogP contribution in [0.5, 0.6) is 0 Å². The Morgan fingerprint density at radius 2 is 1.92 bits per heavy atom. The highest BCUT2D eigenvalue weighted by atomic mass is 16.5. The summed E-state index contributed by atoms with van der Waals surface area (Å²) in [6, 6.07) is 3.56. The van der Waals surface area contributed by atoms with Gasteiger partial charge in [0.2, 0.25) is 5.91 Å². The predicted octanol–water partition coefficient (Wildman–Crippen LogP) is 1.32. The lowest BCUT2D eigenvalue weighted by Gasteiger charge is -2.41. The number of rotatable bonds is 2. The van der Waals surface area contributed by atoms with Crippen LogP contribution in [0.15, 0.2) is 24.5 Å². The third-order valence-corrected chi connectivity index (χ3v) is 5.46. The van der Waals surface area contributed by atoms with Crippen LogP contribution in [0.25, 0.3) is 0 Å². The zero-order chi connectivity index (χ0) is 16.5. The number of ether oxygens (including phenoxy) is 1. The summed E-state index contributed by atoms with van der Waals surface area (Å²) in [6.45, 7) is 2.87. The number of fused-ring (bicyclic) bond motifs is 1. The van der Waals surface area contributed by atoms with Gasteiger partial charge in [0.15, 0.2) is 0 Å². The van der Waals surface area contributed by atoms with Gasteiger partial charge in [0.25, 0.3) is 5.91 Å². The minimum atomic E-state index is -0.145. The summed E-state index contributed by atoms with van der Waals surface area (Å²) in [5.41, 5.74) is 0.630. The van der Waals surface area contributed by atoms with Gasteiger partial charge in [-0.2, -0.15) is 0 Å². The SMILES string of the molecule is O=C([C@@H]1C[C@@H]2OCC[C@@H]2N(C(=O)c2ccncc2)C1)N1CCCC1. The van der Waals surface area contributed by atoms with Crippen LogP contribution in [-0.2, 0) is 9.53 Å². The van der Waals surface area contributed by atoms with E-state index >= 15 is 0 Å². The Morgan fingerprint density at radius 3 is 2.67 bits per heavy atom. The molecule has 0 spiro atoms. The quantitative estimate of drug-likeness (QED) is 0.821. The maximum Gasteiger partial charge on any atom is 0.254 e. The van der Waals surface area contributed by atoms with Crippen molar-refractivity contribution in [2.24, 2.45) is 5.92 Å². The van der Waals surface area contributed by atoms with E-state index < -0.39 is 0 Å². The number of hydrogen-bond acceptors (Lipinski definition) is 4. The molecule has 0 saturated carbocycles. The number of aromatic nitrogens is 1. The van der Waals surface area contributed by atoms with Crippen LogP contribution in [0, 0.1) is 5.92 Å². The molecule has 4 heterocycles. The summed E-state index contributed by atoms with van der Waals surface area (Å²) in [7, 11) is 0. The van der Waals surface area contributed by atoms with Crippen molar-refractivity contribution in [3.8, 4) is 0 Å². The van der Waals surface area contributed by atoms with Crippen LogP contribution >= 0.6 is 0 Å². The van der Waals surface area contributed by atoms with Crippen molar-refractivity contribution in [3.63, 3.8) is 0 Å². The summed E-state index contributed by atoms with van der Waals surface area (Å²) < 4.78 is 5.84. The second kappa shape index (κ2) is 6.51. The smallest absolute Gasteiger partial charge is 0.254 e. The Bertz CT molecular complexity index is 615. The van der Waals surface area contributed by atoms with Gasteiger partial charge in [-0.3, -0.25) is 14.6 Å². The van der Waals surface area contributed by atoms with Crippen LogP contribution in [0.3, 0.4) is 0 Å². The second-order valence-electron chi connectivity index (χ2n) is 6.92. The molecule has 128 valence electrons. The molecule has 24 heavy (non-hydrogen) atoms. The molecule has 6 heteroatoms. The van der Waals surface area contributed by atoms with Gasteiger partial charge >= 0.3 is 0 Å². The molecule has 2 amide bonds. The summed E-state index contributed by atoms with van der Waals surface area (Å²) >= 11 is 0. The van der Waals surface area contributed by atoms with E-state index in [1.54, 1.807) is 24.5 Å². The molecule has 6 nitrogen and oxygen atoms in total. The molecule has 0 aromatic carbocycles. The summed E-state index contributed by atoms with van der Waals surface area (Å²) in [4.78, 5) is 33.6. The normalized spacial score (nSPS) is 29.6. The first-order chi connectivity index (χ1) is 11.7. The Balaban J connectivity index is 1.55. The molecular weight excluding hydrogens is 306 g/mol. The van der Waals surface area contributed by atoms with Gasteiger partial charge in [0, 0.05) is 44.2 Å². The Kier molecular flexibility index (Phi) is 4.22. The lowest BCUT2D eigenvalue weighted by Crippen LogP contribution is -2.55. The maximum absolute atomic E-state index is 12.9. The second-order valence-corrected chi connectivity index (χ2v) is 6.92. The highest BCUT2D eigenvalue weighted by molar-refractivity contribution is 5.95. The Labute approximate surface area is 141 Å². The highest BCUT2D eigenvalue weighted by Gasteiger charge is 2.45. The average Bonchev–Trinajstić information content (AvgIpc) is 3.31.